The zero-order valence-corrected chi connectivity index (χ0v) is 12.0. The predicted octanol–water partition coefficient (Wildman–Crippen LogP) is 2.57. The lowest BCUT2D eigenvalue weighted by atomic mass is 10.0. The lowest BCUT2D eigenvalue weighted by molar-refractivity contribution is -0.136. The summed E-state index contributed by atoms with van der Waals surface area (Å²) in [4.78, 5) is 10.5. The van der Waals surface area contributed by atoms with Gasteiger partial charge in [0.15, 0.2) is 0 Å². The number of hydrogen-bond acceptors (Lipinski definition) is 3. The van der Waals surface area contributed by atoms with Gasteiger partial charge in [-0.3, -0.25) is 9.52 Å². The molecule has 2 N–H and O–H groups in total. The molecule has 0 unspecified atom stereocenters. The summed E-state index contributed by atoms with van der Waals surface area (Å²) in [5, 5.41) is 8.58. The predicted molar refractivity (Wildman–Crippen MR) is 81.5 cm³/mol. The van der Waals surface area contributed by atoms with E-state index in [0.717, 1.165) is 11.1 Å². The fourth-order valence-corrected chi connectivity index (χ4v) is 2.94. The largest absolute Gasteiger partial charge is 0.481 e. The number of rotatable bonds is 6. The van der Waals surface area contributed by atoms with Crippen molar-refractivity contribution in [1.82, 2.24) is 0 Å². The molecule has 0 aliphatic carbocycles. The third kappa shape index (κ3) is 4.32. The molecule has 2 aromatic rings. The van der Waals surface area contributed by atoms with E-state index < -0.39 is 28.2 Å². The molecule has 21 heavy (non-hydrogen) atoms. The molecule has 0 heterocycles. The first kappa shape index (κ1) is 15.1. The van der Waals surface area contributed by atoms with E-state index in [-0.39, 0.29) is 0 Å². The molecule has 0 radical (unpaired) electrons. The number of para-hydroxylation sites is 1. The van der Waals surface area contributed by atoms with Crippen molar-refractivity contribution in [2.45, 2.75) is 6.42 Å². The number of hydrogen-bond donors (Lipinski definition) is 2. The van der Waals surface area contributed by atoms with Gasteiger partial charge in [0.2, 0.25) is 10.0 Å². The maximum absolute atomic E-state index is 11.9. The van der Waals surface area contributed by atoms with Crippen LogP contribution in [0.2, 0.25) is 0 Å². The molecule has 0 aliphatic heterocycles. The first-order valence-corrected chi connectivity index (χ1v) is 8.00. The summed E-state index contributed by atoms with van der Waals surface area (Å²) in [6.45, 7) is 0. The van der Waals surface area contributed by atoms with Crippen molar-refractivity contribution in [3.05, 3.63) is 54.6 Å². The highest BCUT2D eigenvalue weighted by atomic mass is 32.2. The average Bonchev–Trinajstić information content (AvgIpc) is 2.46. The van der Waals surface area contributed by atoms with E-state index in [1.807, 2.05) is 42.5 Å². The van der Waals surface area contributed by atoms with Crippen LogP contribution in [0.4, 0.5) is 5.69 Å². The van der Waals surface area contributed by atoms with Crippen molar-refractivity contribution in [3.63, 3.8) is 0 Å². The average molecular weight is 305 g/mol. The first-order chi connectivity index (χ1) is 9.98. The van der Waals surface area contributed by atoms with Crippen LogP contribution < -0.4 is 4.72 Å². The Bertz CT molecular complexity index is 726. The van der Waals surface area contributed by atoms with Gasteiger partial charge in [0.25, 0.3) is 0 Å². The highest BCUT2D eigenvalue weighted by Gasteiger charge is 2.15. The topological polar surface area (TPSA) is 83.5 Å². The van der Waals surface area contributed by atoms with Crippen LogP contribution in [0.25, 0.3) is 11.1 Å². The highest BCUT2D eigenvalue weighted by molar-refractivity contribution is 7.92. The minimum Gasteiger partial charge on any atom is -0.481 e. The summed E-state index contributed by atoms with van der Waals surface area (Å²) in [6, 6.07) is 16.4. The molecule has 0 spiro atoms. The van der Waals surface area contributed by atoms with Gasteiger partial charge in [-0.15, -0.1) is 0 Å². The van der Waals surface area contributed by atoms with E-state index in [0.29, 0.717) is 5.69 Å². The fourth-order valence-electron chi connectivity index (χ4n) is 1.88. The van der Waals surface area contributed by atoms with Crippen LogP contribution in [0.15, 0.2) is 54.6 Å². The van der Waals surface area contributed by atoms with Crippen molar-refractivity contribution >= 4 is 21.7 Å². The van der Waals surface area contributed by atoms with Gasteiger partial charge < -0.3 is 5.11 Å². The Morgan fingerprint density at radius 3 is 2.29 bits per heavy atom. The summed E-state index contributed by atoms with van der Waals surface area (Å²) < 4.78 is 26.3. The summed E-state index contributed by atoms with van der Waals surface area (Å²) >= 11 is 0. The van der Waals surface area contributed by atoms with Crippen LogP contribution in [0.1, 0.15) is 6.42 Å². The molecule has 0 saturated heterocycles. The van der Waals surface area contributed by atoms with Crippen molar-refractivity contribution in [2.75, 3.05) is 10.5 Å². The normalized spacial score (nSPS) is 11.0. The van der Waals surface area contributed by atoms with Crippen LogP contribution in [0.3, 0.4) is 0 Å². The quantitative estimate of drug-likeness (QED) is 0.859. The molecule has 5 nitrogen and oxygen atoms in total. The molecule has 0 aliphatic rings. The Kier molecular flexibility index (Phi) is 4.59. The first-order valence-electron chi connectivity index (χ1n) is 6.35. The molecule has 0 saturated carbocycles. The van der Waals surface area contributed by atoms with Gasteiger partial charge in [-0.25, -0.2) is 8.42 Å². The number of carboxylic acids is 1. The van der Waals surface area contributed by atoms with Gasteiger partial charge in [-0.05, 0) is 11.6 Å². The van der Waals surface area contributed by atoms with Gasteiger partial charge in [-0.1, -0.05) is 48.5 Å². The van der Waals surface area contributed by atoms with E-state index in [9.17, 15) is 13.2 Å². The number of anilines is 1. The molecule has 0 amide bonds. The third-order valence-corrected chi connectivity index (χ3v) is 4.13. The molecule has 110 valence electrons. The monoisotopic (exact) mass is 305 g/mol. The minimum absolute atomic E-state index is 0.428. The van der Waals surface area contributed by atoms with Crippen LogP contribution in [0, 0.1) is 0 Å². The number of carboxylic acid groups (broad SMARTS) is 1. The van der Waals surface area contributed by atoms with Crippen molar-refractivity contribution in [3.8, 4) is 11.1 Å². The maximum Gasteiger partial charge on any atom is 0.304 e. The Morgan fingerprint density at radius 2 is 1.62 bits per heavy atom. The SMILES string of the molecule is O=C(O)CCS(=O)(=O)Nc1ccccc1-c1ccccc1. The van der Waals surface area contributed by atoms with Crippen LogP contribution >= 0.6 is 0 Å². The van der Waals surface area contributed by atoms with Gasteiger partial charge >= 0.3 is 5.97 Å². The molecule has 2 aromatic carbocycles. The molecule has 0 fully saturated rings. The Morgan fingerprint density at radius 1 is 1.00 bits per heavy atom. The van der Waals surface area contributed by atoms with Crippen LogP contribution in [0.5, 0.6) is 0 Å². The number of nitrogens with one attached hydrogen (secondary N) is 1. The summed E-state index contributed by atoms with van der Waals surface area (Å²) in [6.07, 6.45) is -0.428. The molecule has 0 bridgehead atoms. The molecule has 0 atom stereocenters. The molecular formula is C15H15NO4S. The van der Waals surface area contributed by atoms with E-state index in [1.54, 1.807) is 12.1 Å². The van der Waals surface area contributed by atoms with Gasteiger partial charge in [0, 0.05) is 5.56 Å². The zero-order valence-electron chi connectivity index (χ0n) is 11.2. The summed E-state index contributed by atoms with van der Waals surface area (Å²) in [5.74, 6) is -1.59. The molecule has 6 heteroatoms. The molecule has 2 rings (SSSR count). The maximum atomic E-state index is 11.9. The van der Waals surface area contributed by atoms with Crippen molar-refractivity contribution in [2.24, 2.45) is 0 Å². The smallest absolute Gasteiger partial charge is 0.304 e. The van der Waals surface area contributed by atoms with E-state index in [1.165, 1.54) is 0 Å². The van der Waals surface area contributed by atoms with E-state index >= 15 is 0 Å². The Balaban J connectivity index is 2.27. The lowest BCUT2D eigenvalue weighted by Crippen LogP contribution is -2.19. The van der Waals surface area contributed by atoms with Crippen molar-refractivity contribution in [1.29, 1.82) is 0 Å². The second-order valence-corrected chi connectivity index (χ2v) is 6.32. The van der Waals surface area contributed by atoms with E-state index in [2.05, 4.69) is 4.72 Å². The Labute approximate surface area is 123 Å². The second-order valence-electron chi connectivity index (χ2n) is 4.48. The second kappa shape index (κ2) is 6.41. The molecular weight excluding hydrogens is 290 g/mol. The highest BCUT2D eigenvalue weighted by Crippen LogP contribution is 2.28. The van der Waals surface area contributed by atoms with Crippen LogP contribution in [-0.4, -0.2) is 25.2 Å². The number of benzene rings is 2. The zero-order chi connectivity index (χ0) is 15.3. The number of aliphatic carboxylic acids is 1. The van der Waals surface area contributed by atoms with Crippen LogP contribution in [-0.2, 0) is 14.8 Å². The number of sulfonamides is 1. The van der Waals surface area contributed by atoms with Crippen molar-refractivity contribution < 1.29 is 18.3 Å². The Hall–Kier alpha value is -2.34. The van der Waals surface area contributed by atoms with Gasteiger partial charge in [0.05, 0.1) is 17.9 Å². The lowest BCUT2D eigenvalue weighted by Gasteiger charge is -2.12. The molecule has 0 aromatic heterocycles. The summed E-state index contributed by atoms with van der Waals surface area (Å²) in [7, 11) is -3.69. The minimum atomic E-state index is -3.69. The third-order valence-electron chi connectivity index (χ3n) is 2.86. The van der Waals surface area contributed by atoms with Gasteiger partial charge in [0.1, 0.15) is 0 Å². The van der Waals surface area contributed by atoms with Gasteiger partial charge in [-0.2, -0.15) is 0 Å². The van der Waals surface area contributed by atoms with E-state index in [4.69, 9.17) is 5.11 Å². The summed E-state index contributed by atoms with van der Waals surface area (Å²) in [5.41, 5.74) is 2.07. The number of carbonyl (C=O) groups is 1. The fraction of sp³-hybridized carbons (Fsp3) is 0.133. The standard InChI is InChI=1S/C15H15NO4S/c17-15(18)10-11-21(19,20)16-14-9-5-4-8-13(14)12-6-2-1-3-7-12/h1-9,16H,10-11H2,(H,17,18).